The number of fused-ring (bicyclic) bond motifs is 1. The molecule has 5 rings (SSSR count). The van der Waals surface area contributed by atoms with Crippen molar-refractivity contribution in [2.45, 2.75) is 52.1 Å². The van der Waals surface area contributed by atoms with Gasteiger partial charge in [-0.15, -0.1) is 0 Å². The number of nitrogens with zero attached hydrogens (tertiary/aromatic N) is 2. The van der Waals surface area contributed by atoms with Crippen LogP contribution in [0.25, 0.3) is 0 Å². The Hall–Kier alpha value is -4.08. The summed E-state index contributed by atoms with van der Waals surface area (Å²) in [7, 11) is 1.90. The number of hydrogen-bond donors (Lipinski definition) is 4. The number of piperidine rings is 1. The number of carbonyl (C=O) groups is 3. The molecule has 226 valence electrons. The average Bonchev–Trinajstić information content (AvgIpc) is 3.46. The van der Waals surface area contributed by atoms with Crippen LogP contribution in [0.4, 0.5) is 11.5 Å². The van der Waals surface area contributed by atoms with Crippen molar-refractivity contribution in [2.75, 3.05) is 37.3 Å². The van der Waals surface area contributed by atoms with Gasteiger partial charge in [-0.1, -0.05) is 43.3 Å². The number of nitrogens with one attached hydrogen (secondary N) is 4. The van der Waals surface area contributed by atoms with Crippen molar-refractivity contribution in [3.05, 3.63) is 89.1 Å². The number of benzene rings is 2. The number of anilines is 2. The van der Waals surface area contributed by atoms with Gasteiger partial charge < -0.3 is 26.2 Å². The molecule has 9 nitrogen and oxygen atoms in total. The molecule has 2 heterocycles. The van der Waals surface area contributed by atoms with E-state index in [1.54, 1.807) is 17.2 Å². The molecule has 2 aromatic carbocycles. The van der Waals surface area contributed by atoms with Gasteiger partial charge in [-0.25, -0.2) is 4.98 Å². The molecule has 0 unspecified atom stereocenters. The van der Waals surface area contributed by atoms with Gasteiger partial charge in [0.15, 0.2) is 0 Å². The van der Waals surface area contributed by atoms with Gasteiger partial charge in [0.2, 0.25) is 17.7 Å². The summed E-state index contributed by atoms with van der Waals surface area (Å²) in [4.78, 5) is 46.4. The fraction of sp³-hybridized carbons (Fsp3) is 0.412. The molecule has 0 saturated carbocycles. The van der Waals surface area contributed by atoms with E-state index >= 15 is 0 Å². The highest BCUT2D eigenvalue weighted by Gasteiger charge is 2.41. The van der Waals surface area contributed by atoms with E-state index in [4.69, 9.17) is 0 Å². The summed E-state index contributed by atoms with van der Waals surface area (Å²) in [5.41, 5.74) is 4.50. The molecule has 0 bridgehead atoms. The highest BCUT2D eigenvalue weighted by Crippen LogP contribution is 2.35. The van der Waals surface area contributed by atoms with E-state index in [-0.39, 0.29) is 30.2 Å². The zero-order chi connectivity index (χ0) is 30.2. The van der Waals surface area contributed by atoms with Crippen LogP contribution in [0.15, 0.2) is 66.9 Å². The predicted molar refractivity (Wildman–Crippen MR) is 168 cm³/mol. The lowest BCUT2D eigenvalue weighted by molar-refractivity contribution is -0.146. The molecule has 4 N–H and O–H groups in total. The second kappa shape index (κ2) is 13.9. The lowest BCUT2D eigenvalue weighted by Crippen LogP contribution is -2.50. The van der Waals surface area contributed by atoms with E-state index in [1.807, 2.05) is 55.6 Å². The van der Waals surface area contributed by atoms with Gasteiger partial charge in [-0.05, 0) is 98.8 Å². The maximum absolute atomic E-state index is 14.2. The molecule has 43 heavy (non-hydrogen) atoms. The summed E-state index contributed by atoms with van der Waals surface area (Å²) in [5, 5.41) is 12.5. The molecule has 1 atom stereocenters. The molecular formula is C34H42N6O3. The summed E-state index contributed by atoms with van der Waals surface area (Å²) in [5.74, 6) is 0.0991. The molecule has 0 spiro atoms. The van der Waals surface area contributed by atoms with Crippen LogP contribution >= 0.6 is 0 Å². The first kappa shape index (κ1) is 30.4. The van der Waals surface area contributed by atoms with Crippen LogP contribution in [0.2, 0.25) is 0 Å². The third kappa shape index (κ3) is 7.29. The average molecular weight is 583 g/mol. The van der Waals surface area contributed by atoms with Crippen molar-refractivity contribution in [3.63, 3.8) is 0 Å². The molecule has 1 fully saturated rings. The summed E-state index contributed by atoms with van der Waals surface area (Å²) in [6.07, 6.45) is 5.15. The van der Waals surface area contributed by atoms with Gasteiger partial charge in [0, 0.05) is 30.9 Å². The van der Waals surface area contributed by atoms with E-state index in [2.05, 4.69) is 39.2 Å². The SMILES string of the molecule is CCC1(C(=O)N(CC(=O)Nc2ccc3c(c2)C[C@H](C(=O)Nc2ccccn2)C3)Cc2ccccc2CNC)CCNCC1. The monoisotopic (exact) mass is 582 g/mol. The van der Waals surface area contributed by atoms with Crippen LogP contribution in [-0.2, 0) is 40.3 Å². The lowest BCUT2D eigenvalue weighted by atomic mass is 9.75. The Morgan fingerprint density at radius 3 is 2.42 bits per heavy atom. The second-order valence-electron chi connectivity index (χ2n) is 11.7. The third-order valence-corrected chi connectivity index (χ3v) is 8.87. The van der Waals surface area contributed by atoms with Crippen LogP contribution < -0.4 is 21.3 Å². The Bertz CT molecular complexity index is 1440. The van der Waals surface area contributed by atoms with Gasteiger partial charge in [0.25, 0.3) is 0 Å². The standard InChI is InChI=1S/C34H42N6O3/c1-3-34(13-16-36-17-14-34)33(43)40(22-26-9-5-4-8-25(26)21-35-2)23-31(41)38-29-12-11-24-18-28(19-27(24)20-29)32(42)39-30-10-6-7-15-37-30/h4-12,15,20,28,35-36H,3,13-14,16-19,21-23H2,1-2H3,(H,38,41)(H,37,39,42)/t28-/m1/s1. The fourth-order valence-electron chi connectivity index (χ4n) is 6.36. The minimum absolute atomic E-state index is 0.0336. The first-order chi connectivity index (χ1) is 20.9. The number of carbonyl (C=O) groups excluding carboxylic acids is 3. The third-order valence-electron chi connectivity index (χ3n) is 8.87. The molecule has 1 aliphatic carbocycles. The van der Waals surface area contributed by atoms with Crippen molar-refractivity contribution in [3.8, 4) is 0 Å². The molecular weight excluding hydrogens is 540 g/mol. The van der Waals surface area contributed by atoms with Crippen molar-refractivity contribution < 1.29 is 14.4 Å². The van der Waals surface area contributed by atoms with Crippen LogP contribution in [0.1, 0.15) is 48.4 Å². The Morgan fingerprint density at radius 2 is 1.70 bits per heavy atom. The minimum Gasteiger partial charge on any atom is -0.329 e. The van der Waals surface area contributed by atoms with Gasteiger partial charge in [-0.3, -0.25) is 14.4 Å². The van der Waals surface area contributed by atoms with Gasteiger partial charge >= 0.3 is 0 Å². The molecule has 3 amide bonds. The molecule has 3 aromatic rings. The van der Waals surface area contributed by atoms with Crippen LogP contribution in [-0.4, -0.2) is 54.3 Å². The first-order valence-electron chi connectivity index (χ1n) is 15.3. The quantitative estimate of drug-likeness (QED) is 0.273. The molecule has 1 saturated heterocycles. The Morgan fingerprint density at radius 1 is 0.953 bits per heavy atom. The Kier molecular flexibility index (Phi) is 9.84. The van der Waals surface area contributed by atoms with E-state index < -0.39 is 5.41 Å². The van der Waals surface area contributed by atoms with Gasteiger partial charge in [-0.2, -0.15) is 0 Å². The van der Waals surface area contributed by atoms with Gasteiger partial charge in [0.1, 0.15) is 12.4 Å². The zero-order valence-electron chi connectivity index (χ0n) is 25.1. The van der Waals surface area contributed by atoms with E-state index in [0.717, 1.165) is 54.6 Å². The minimum atomic E-state index is -0.470. The first-order valence-corrected chi connectivity index (χ1v) is 15.3. The predicted octanol–water partition coefficient (Wildman–Crippen LogP) is 3.90. The zero-order valence-corrected chi connectivity index (χ0v) is 25.1. The summed E-state index contributed by atoms with van der Waals surface area (Å²) >= 11 is 0. The normalized spacial score (nSPS) is 17.1. The largest absolute Gasteiger partial charge is 0.329 e. The fourth-order valence-corrected chi connectivity index (χ4v) is 6.36. The molecule has 1 aromatic heterocycles. The van der Waals surface area contributed by atoms with Crippen molar-refractivity contribution in [2.24, 2.45) is 11.3 Å². The van der Waals surface area contributed by atoms with Crippen LogP contribution in [0.3, 0.4) is 0 Å². The lowest BCUT2D eigenvalue weighted by Gasteiger charge is -2.39. The van der Waals surface area contributed by atoms with Crippen molar-refractivity contribution >= 4 is 29.2 Å². The highest BCUT2D eigenvalue weighted by atomic mass is 16.2. The highest BCUT2D eigenvalue weighted by molar-refractivity contribution is 5.96. The molecule has 9 heteroatoms. The molecule has 2 aliphatic rings. The van der Waals surface area contributed by atoms with Crippen molar-refractivity contribution in [1.29, 1.82) is 0 Å². The van der Waals surface area contributed by atoms with Crippen molar-refractivity contribution in [1.82, 2.24) is 20.5 Å². The molecule has 1 aliphatic heterocycles. The Labute approximate surface area is 253 Å². The number of rotatable bonds is 11. The smallest absolute Gasteiger partial charge is 0.244 e. The maximum Gasteiger partial charge on any atom is 0.244 e. The van der Waals surface area contributed by atoms with Crippen LogP contribution in [0, 0.1) is 11.3 Å². The Balaban J connectivity index is 1.28. The number of amides is 3. The number of hydrogen-bond acceptors (Lipinski definition) is 6. The maximum atomic E-state index is 14.2. The topological polar surface area (TPSA) is 115 Å². The second-order valence-corrected chi connectivity index (χ2v) is 11.7. The van der Waals surface area contributed by atoms with Crippen LogP contribution in [0.5, 0.6) is 0 Å². The summed E-state index contributed by atoms with van der Waals surface area (Å²) in [6.45, 7) is 4.69. The number of aromatic nitrogens is 1. The number of pyridine rings is 1. The van der Waals surface area contributed by atoms with E-state index in [1.165, 1.54) is 0 Å². The summed E-state index contributed by atoms with van der Waals surface area (Å²) < 4.78 is 0. The summed E-state index contributed by atoms with van der Waals surface area (Å²) in [6, 6.07) is 19.3. The molecule has 0 radical (unpaired) electrons. The van der Waals surface area contributed by atoms with E-state index in [0.29, 0.717) is 37.4 Å². The van der Waals surface area contributed by atoms with Gasteiger partial charge in [0.05, 0.1) is 5.41 Å². The van der Waals surface area contributed by atoms with E-state index in [9.17, 15) is 14.4 Å².